The summed E-state index contributed by atoms with van der Waals surface area (Å²) in [5.74, 6) is -0.190. The summed E-state index contributed by atoms with van der Waals surface area (Å²) >= 11 is 1.32. The van der Waals surface area contributed by atoms with Gasteiger partial charge in [0.2, 0.25) is 0 Å². The smallest absolute Gasteiger partial charge is 0.323 e. The van der Waals surface area contributed by atoms with Crippen molar-refractivity contribution in [2.45, 2.75) is 26.4 Å². The summed E-state index contributed by atoms with van der Waals surface area (Å²) in [4.78, 5) is 18.8. The average molecular weight is 367 g/mol. The van der Waals surface area contributed by atoms with Gasteiger partial charge >= 0.3 is 6.03 Å². The molecular weight excluding hydrogens is 345 g/mol. The van der Waals surface area contributed by atoms with E-state index in [0.29, 0.717) is 23.7 Å². The molecule has 0 aliphatic rings. The Hall–Kier alpha value is -2.19. The van der Waals surface area contributed by atoms with Crippen LogP contribution in [0, 0.1) is 5.82 Å². The van der Waals surface area contributed by atoms with E-state index in [4.69, 9.17) is 4.74 Å². The van der Waals surface area contributed by atoms with Gasteiger partial charge in [-0.25, -0.2) is 14.2 Å². The lowest BCUT2D eigenvalue weighted by Gasteiger charge is -2.21. The summed E-state index contributed by atoms with van der Waals surface area (Å²) in [7, 11) is 1.43. The largest absolute Gasteiger partial charge is 0.493 e. The standard InChI is InChI=1S/C17H22FN3O3S/c1-4-21(10-11(2)22)17(23)20-16-19-9-13(25-16)8-12-6-5-7-14(18)15(12)24-3/h5-7,9,11,22H,4,8,10H2,1-3H3,(H,19,20,23)/t11-/m0/s1. The number of nitrogens with one attached hydrogen (secondary N) is 1. The number of hydrogen-bond donors (Lipinski definition) is 2. The van der Waals surface area contributed by atoms with E-state index >= 15 is 0 Å². The molecule has 2 rings (SSSR count). The second-order valence-electron chi connectivity index (χ2n) is 5.56. The lowest BCUT2D eigenvalue weighted by molar-refractivity contribution is 0.141. The molecule has 0 bridgehead atoms. The molecule has 8 heteroatoms. The molecule has 1 atom stereocenters. The van der Waals surface area contributed by atoms with Gasteiger partial charge in [0.05, 0.1) is 13.2 Å². The fourth-order valence-electron chi connectivity index (χ4n) is 2.40. The third-order valence-electron chi connectivity index (χ3n) is 3.54. The van der Waals surface area contributed by atoms with E-state index in [0.717, 1.165) is 4.88 Å². The van der Waals surface area contributed by atoms with Crippen LogP contribution in [0.15, 0.2) is 24.4 Å². The van der Waals surface area contributed by atoms with Crippen LogP contribution < -0.4 is 10.1 Å². The molecule has 25 heavy (non-hydrogen) atoms. The number of carbonyl (C=O) groups excluding carboxylic acids is 1. The molecule has 2 N–H and O–H groups in total. The highest BCUT2D eigenvalue weighted by atomic mass is 32.1. The highest BCUT2D eigenvalue weighted by molar-refractivity contribution is 7.15. The first kappa shape index (κ1) is 19.1. The summed E-state index contributed by atoms with van der Waals surface area (Å²) in [6.07, 6.45) is 1.51. The molecule has 0 aliphatic carbocycles. The van der Waals surface area contributed by atoms with Crippen LogP contribution in [-0.2, 0) is 6.42 Å². The summed E-state index contributed by atoms with van der Waals surface area (Å²) in [6, 6.07) is 4.46. The van der Waals surface area contributed by atoms with E-state index in [1.807, 2.05) is 6.92 Å². The number of hydrogen-bond acceptors (Lipinski definition) is 5. The Bertz CT molecular complexity index is 721. The lowest BCUT2D eigenvalue weighted by atomic mass is 10.1. The Morgan fingerprint density at radius 1 is 1.52 bits per heavy atom. The number of nitrogens with zero attached hydrogens (tertiary/aromatic N) is 2. The van der Waals surface area contributed by atoms with Crippen molar-refractivity contribution < 1.29 is 19.0 Å². The van der Waals surface area contributed by atoms with Crippen molar-refractivity contribution >= 4 is 22.5 Å². The number of anilines is 1. The van der Waals surface area contributed by atoms with Crippen molar-refractivity contribution in [3.63, 3.8) is 0 Å². The molecule has 0 saturated carbocycles. The van der Waals surface area contributed by atoms with E-state index in [1.165, 1.54) is 29.4 Å². The van der Waals surface area contributed by atoms with Crippen LogP contribution in [0.1, 0.15) is 24.3 Å². The number of aliphatic hydroxyl groups is 1. The lowest BCUT2D eigenvalue weighted by Crippen LogP contribution is -2.39. The summed E-state index contributed by atoms with van der Waals surface area (Å²) in [6.45, 7) is 4.20. The normalized spacial score (nSPS) is 11.9. The van der Waals surface area contributed by atoms with Crippen molar-refractivity contribution in [1.29, 1.82) is 0 Å². The molecule has 0 aliphatic heterocycles. The average Bonchev–Trinajstić information content (AvgIpc) is 2.99. The minimum absolute atomic E-state index is 0.218. The molecule has 0 spiro atoms. The Morgan fingerprint density at radius 3 is 2.92 bits per heavy atom. The molecule has 1 heterocycles. The number of carbonyl (C=O) groups is 1. The first-order valence-corrected chi connectivity index (χ1v) is 8.76. The Kier molecular flexibility index (Phi) is 6.72. The monoisotopic (exact) mass is 367 g/mol. The van der Waals surface area contributed by atoms with Gasteiger partial charge in [-0.2, -0.15) is 0 Å². The quantitative estimate of drug-likeness (QED) is 0.788. The van der Waals surface area contributed by atoms with E-state index in [9.17, 15) is 14.3 Å². The molecule has 2 amide bonds. The van der Waals surface area contributed by atoms with Crippen LogP contribution in [0.2, 0.25) is 0 Å². The minimum Gasteiger partial charge on any atom is -0.493 e. The number of methoxy groups -OCH3 is 1. The number of halogens is 1. The van der Waals surface area contributed by atoms with Gasteiger partial charge in [-0.15, -0.1) is 11.3 Å². The third-order valence-corrected chi connectivity index (χ3v) is 4.45. The van der Waals surface area contributed by atoms with Gasteiger partial charge in [0.25, 0.3) is 0 Å². The highest BCUT2D eigenvalue weighted by Crippen LogP contribution is 2.28. The van der Waals surface area contributed by atoms with E-state index in [2.05, 4.69) is 10.3 Å². The van der Waals surface area contributed by atoms with Gasteiger partial charge in [-0.1, -0.05) is 12.1 Å². The van der Waals surface area contributed by atoms with Gasteiger partial charge in [-0.05, 0) is 19.9 Å². The number of aliphatic hydroxyl groups excluding tert-OH is 1. The maximum absolute atomic E-state index is 13.7. The van der Waals surface area contributed by atoms with Gasteiger partial charge in [0, 0.05) is 36.1 Å². The van der Waals surface area contributed by atoms with Crippen molar-refractivity contribution in [2.75, 3.05) is 25.5 Å². The zero-order chi connectivity index (χ0) is 18.4. The maximum Gasteiger partial charge on any atom is 0.323 e. The fraction of sp³-hybridized carbons (Fsp3) is 0.412. The molecule has 0 saturated heterocycles. The van der Waals surface area contributed by atoms with Gasteiger partial charge in [-0.3, -0.25) is 5.32 Å². The van der Waals surface area contributed by atoms with Crippen LogP contribution in [-0.4, -0.2) is 47.3 Å². The van der Waals surface area contributed by atoms with Gasteiger partial charge in [0.15, 0.2) is 16.7 Å². The number of likely N-dealkylation sites (N-methyl/N-ethyl adjacent to an activating group) is 1. The summed E-state index contributed by atoms with van der Waals surface area (Å²) < 4.78 is 18.9. The molecule has 0 radical (unpaired) electrons. The second kappa shape index (κ2) is 8.77. The number of benzene rings is 1. The number of rotatable bonds is 7. The number of thiazole rings is 1. The molecule has 2 aromatic rings. The van der Waals surface area contributed by atoms with Crippen LogP contribution in [0.3, 0.4) is 0 Å². The summed E-state index contributed by atoms with van der Waals surface area (Å²) in [5, 5.41) is 12.6. The Morgan fingerprint density at radius 2 is 2.28 bits per heavy atom. The van der Waals surface area contributed by atoms with Crippen molar-refractivity contribution in [1.82, 2.24) is 9.88 Å². The topological polar surface area (TPSA) is 74.7 Å². The van der Waals surface area contributed by atoms with E-state index < -0.39 is 11.9 Å². The van der Waals surface area contributed by atoms with Crippen LogP contribution in [0.4, 0.5) is 14.3 Å². The minimum atomic E-state index is -0.599. The molecule has 1 aromatic carbocycles. The number of aromatic nitrogens is 1. The van der Waals surface area contributed by atoms with E-state index in [1.54, 1.807) is 25.3 Å². The number of amides is 2. The SMILES string of the molecule is CCN(C[C@H](C)O)C(=O)Nc1ncc(Cc2cccc(F)c2OC)s1. The molecule has 1 aromatic heterocycles. The van der Waals surface area contributed by atoms with Crippen molar-refractivity contribution in [2.24, 2.45) is 0 Å². The highest BCUT2D eigenvalue weighted by Gasteiger charge is 2.16. The van der Waals surface area contributed by atoms with Crippen molar-refractivity contribution in [3.05, 3.63) is 40.7 Å². The van der Waals surface area contributed by atoms with Gasteiger partial charge in [0.1, 0.15) is 0 Å². The molecule has 6 nitrogen and oxygen atoms in total. The zero-order valence-electron chi connectivity index (χ0n) is 14.5. The molecule has 136 valence electrons. The van der Waals surface area contributed by atoms with E-state index in [-0.39, 0.29) is 18.3 Å². The number of para-hydroxylation sites is 1. The predicted octanol–water partition coefficient (Wildman–Crippen LogP) is 3.12. The second-order valence-corrected chi connectivity index (χ2v) is 6.67. The van der Waals surface area contributed by atoms with Crippen LogP contribution in [0.5, 0.6) is 5.75 Å². The molecule has 0 unspecified atom stereocenters. The number of urea groups is 1. The number of ether oxygens (including phenoxy) is 1. The fourth-order valence-corrected chi connectivity index (χ4v) is 3.23. The first-order chi connectivity index (χ1) is 11.9. The zero-order valence-corrected chi connectivity index (χ0v) is 15.3. The van der Waals surface area contributed by atoms with Crippen LogP contribution >= 0.6 is 11.3 Å². The Labute approximate surface area is 150 Å². The molecular formula is C17H22FN3O3S. The van der Waals surface area contributed by atoms with Crippen LogP contribution in [0.25, 0.3) is 0 Å². The predicted molar refractivity (Wildman–Crippen MR) is 95.8 cm³/mol. The first-order valence-electron chi connectivity index (χ1n) is 7.94. The third kappa shape index (κ3) is 5.14. The summed E-state index contributed by atoms with van der Waals surface area (Å²) in [5.41, 5.74) is 0.716. The maximum atomic E-state index is 13.7. The molecule has 0 fully saturated rings. The van der Waals surface area contributed by atoms with Crippen molar-refractivity contribution in [3.8, 4) is 5.75 Å². The van der Waals surface area contributed by atoms with Gasteiger partial charge < -0.3 is 14.7 Å². The Balaban J connectivity index is 2.05.